The van der Waals surface area contributed by atoms with Crippen molar-refractivity contribution in [3.8, 4) is 0 Å². The van der Waals surface area contributed by atoms with Gasteiger partial charge in [-0.25, -0.2) is 0 Å². The van der Waals surface area contributed by atoms with E-state index in [1.165, 1.54) is 19.3 Å². The maximum Gasteiger partial charge on any atom is 0.140 e. The van der Waals surface area contributed by atoms with Gasteiger partial charge in [-0.1, -0.05) is 59.5 Å². The molecule has 0 heterocycles. The van der Waals surface area contributed by atoms with Crippen LogP contribution in [0.25, 0.3) is 0 Å². The average Bonchev–Trinajstić information content (AvgIpc) is 2.24. The highest BCUT2D eigenvalue weighted by Gasteiger charge is 2.33. The molecule has 0 amide bonds. The van der Waals surface area contributed by atoms with Crippen LogP contribution in [0.15, 0.2) is 0 Å². The summed E-state index contributed by atoms with van der Waals surface area (Å²) in [4.78, 5) is 0. The van der Waals surface area contributed by atoms with Gasteiger partial charge in [0.1, 0.15) is 29.7 Å². The van der Waals surface area contributed by atoms with Gasteiger partial charge in [-0.05, 0) is 12.3 Å². The summed E-state index contributed by atoms with van der Waals surface area (Å²) in [5.74, 6) is 0.659. The number of hydrogen-bond donors (Lipinski definition) is 0. The van der Waals surface area contributed by atoms with E-state index >= 15 is 0 Å². The van der Waals surface area contributed by atoms with Gasteiger partial charge >= 0.3 is 0 Å². The minimum atomic E-state index is 0.406. The van der Waals surface area contributed by atoms with Crippen LogP contribution in [0.5, 0.6) is 0 Å². The summed E-state index contributed by atoms with van der Waals surface area (Å²) in [6.45, 7) is 14.6. The third-order valence-corrected chi connectivity index (χ3v) is 4.92. The second-order valence-corrected chi connectivity index (χ2v) is 5.89. The van der Waals surface area contributed by atoms with Gasteiger partial charge < -0.3 is 3.07 Å². The Morgan fingerprint density at radius 3 is 2.13 bits per heavy atom. The van der Waals surface area contributed by atoms with E-state index in [-0.39, 0.29) is 0 Å². The number of halogens is 1. The largest absolute Gasteiger partial charge is 0.312 e. The van der Waals surface area contributed by atoms with E-state index in [0.717, 1.165) is 6.71 Å². The van der Waals surface area contributed by atoms with Crippen molar-refractivity contribution in [3.05, 3.63) is 0 Å². The summed E-state index contributed by atoms with van der Waals surface area (Å²) in [5.41, 5.74) is 0. The Morgan fingerprint density at radius 1 is 1.33 bits per heavy atom. The molecule has 0 fully saturated rings. The van der Waals surface area contributed by atoms with Crippen molar-refractivity contribution in [1.82, 2.24) is 0 Å². The van der Waals surface area contributed by atoms with Crippen molar-refractivity contribution in [1.29, 1.82) is 0 Å². The van der Waals surface area contributed by atoms with E-state index in [2.05, 4.69) is 64.3 Å². The van der Waals surface area contributed by atoms with Gasteiger partial charge in [-0.15, -0.1) is 0 Å². The number of hydrogen-bond acceptors (Lipinski definition) is 1. The molecule has 0 spiro atoms. The van der Waals surface area contributed by atoms with E-state index < -0.39 is 0 Å². The maximum atomic E-state index is 5.62. The molecule has 0 aromatic heterocycles. The molecule has 0 aliphatic rings. The van der Waals surface area contributed by atoms with Crippen molar-refractivity contribution in [2.45, 2.75) is 72.0 Å². The van der Waals surface area contributed by atoms with Crippen molar-refractivity contribution in [2.24, 2.45) is 5.92 Å². The van der Waals surface area contributed by atoms with Crippen LogP contribution < -0.4 is 0 Å². The lowest BCUT2D eigenvalue weighted by Crippen LogP contribution is -2.31. The molecular formula is C12H26BIO. The zero-order valence-corrected chi connectivity index (χ0v) is 13.3. The highest BCUT2D eigenvalue weighted by Crippen LogP contribution is 2.41. The lowest BCUT2D eigenvalue weighted by molar-refractivity contribution is 0.167. The first-order valence-electron chi connectivity index (χ1n) is 6.18. The third-order valence-electron chi connectivity index (χ3n) is 4.26. The Morgan fingerprint density at radius 2 is 1.87 bits per heavy atom. The fraction of sp³-hybridized carbons (Fsp3) is 1.00. The van der Waals surface area contributed by atoms with Gasteiger partial charge in [0.15, 0.2) is 0 Å². The minimum Gasteiger partial charge on any atom is -0.312 e. The zero-order valence-electron chi connectivity index (χ0n) is 11.1. The molecule has 0 bridgehead atoms. The lowest BCUT2D eigenvalue weighted by Gasteiger charge is -2.35. The van der Waals surface area contributed by atoms with Gasteiger partial charge in [0.05, 0.1) is 6.10 Å². The molecule has 3 unspecified atom stereocenters. The van der Waals surface area contributed by atoms with Crippen LogP contribution in [-0.2, 0) is 3.07 Å². The van der Waals surface area contributed by atoms with Gasteiger partial charge in [-0.3, -0.25) is 0 Å². The van der Waals surface area contributed by atoms with Gasteiger partial charge in [0.2, 0.25) is 0 Å². The molecular weight excluding hydrogens is 298 g/mol. The van der Waals surface area contributed by atoms with Crippen LogP contribution in [0.2, 0.25) is 19.0 Å². The van der Waals surface area contributed by atoms with Crippen LogP contribution in [-0.4, -0.2) is 12.8 Å². The summed E-state index contributed by atoms with van der Waals surface area (Å²) >= 11 is 2.07. The lowest BCUT2D eigenvalue weighted by atomic mass is 9.35. The fourth-order valence-electron chi connectivity index (χ4n) is 1.83. The molecule has 0 N–H and O–H groups in total. The Bertz CT molecular complexity index is 175. The first kappa shape index (κ1) is 15.8. The molecule has 0 saturated carbocycles. The van der Waals surface area contributed by atoms with Gasteiger partial charge in [0.25, 0.3) is 0 Å². The number of rotatable bonds is 7. The molecule has 0 rings (SSSR count). The van der Waals surface area contributed by atoms with Gasteiger partial charge in [0, 0.05) is 0 Å². The van der Waals surface area contributed by atoms with E-state index in [0.29, 0.717) is 17.3 Å². The van der Waals surface area contributed by atoms with Crippen molar-refractivity contribution >= 4 is 29.7 Å². The van der Waals surface area contributed by atoms with Crippen molar-refractivity contribution in [3.63, 3.8) is 0 Å². The predicted octanol–water partition coefficient (Wildman–Crippen LogP) is 5.08. The second-order valence-electron chi connectivity index (χ2n) is 5.38. The van der Waals surface area contributed by atoms with Gasteiger partial charge in [-0.2, -0.15) is 0 Å². The van der Waals surface area contributed by atoms with Crippen LogP contribution in [0.4, 0.5) is 0 Å². The second kappa shape index (κ2) is 7.15. The standard InChI is InChI=1S/C12H26BIO/c1-7-10(3)11(15-14)9-12(4,8-2)13(5)6/h10-11H,7-9H2,1-6H3. The quantitative estimate of drug-likeness (QED) is 0.469. The van der Waals surface area contributed by atoms with Crippen LogP contribution in [0.3, 0.4) is 0 Å². The molecule has 0 saturated heterocycles. The van der Waals surface area contributed by atoms with Crippen LogP contribution in [0, 0.1) is 5.92 Å². The highest BCUT2D eigenvalue weighted by atomic mass is 127. The monoisotopic (exact) mass is 324 g/mol. The molecule has 0 radical (unpaired) electrons. The topological polar surface area (TPSA) is 9.23 Å². The van der Waals surface area contributed by atoms with Crippen molar-refractivity contribution in [2.75, 3.05) is 0 Å². The first-order chi connectivity index (χ1) is 6.91. The summed E-state index contributed by atoms with van der Waals surface area (Å²) in [6.07, 6.45) is 4.02. The third kappa shape index (κ3) is 4.64. The Kier molecular flexibility index (Phi) is 7.51. The smallest absolute Gasteiger partial charge is 0.140 e. The Labute approximate surface area is 111 Å². The van der Waals surface area contributed by atoms with E-state index in [1.54, 1.807) is 0 Å². The maximum absolute atomic E-state index is 5.62. The molecule has 3 heteroatoms. The molecule has 0 aliphatic carbocycles. The SMILES string of the molecule is CCC(C)C(CC(C)(CC)B(C)C)OI. The molecule has 90 valence electrons. The molecule has 3 atom stereocenters. The average molecular weight is 324 g/mol. The van der Waals surface area contributed by atoms with E-state index in [1.807, 2.05) is 0 Å². The molecule has 0 aliphatic heterocycles. The minimum absolute atomic E-state index is 0.406. The first-order valence-corrected chi connectivity index (χ1v) is 7.06. The Balaban J connectivity index is 4.49. The summed E-state index contributed by atoms with van der Waals surface area (Å²) in [7, 11) is 0. The molecule has 15 heavy (non-hydrogen) atoms. The summed E-state index contributed by atoms with van der Waals surface area (Å²) in [5, 5.41) is 0.416. The zero-order chi connectivity index (χ0) is 12.1. The van der Waals surface area contributed by atoms with Crippen LogP contribution >= 0.6 is 23.0 Å². The summed E-state index contributed by atoms with van der Waals surface area (Å²) in [6, 6.07) is 0. The molecule has 0 aromatic carbocycles. The fourth-order valence-corrected chi connectivity index (χ4v) is 2.51. The molecule has 0 aromatic rings. The summed E-state index contributed by atoms with van der Waals surface area (Å²) < 4.78 is 5.62. The van der Waals surface area contributed by atoms with E-state index in [4.69, 9.17) is 3.07 Å². The predicted molar refractivity (Wildman–Crippen MR) is 79.1 cm³/mol. The van der Waals surface area contributed by atoms with Crippen LogP contribution in [0.1, 0.15) is 47.0 Å². The highest BCUT2D eigenvalue weighted by molar-refractivity contribution is 14.1. The normalized spacial score (nSPS) is 19.4. The Hall–Kier alpha value is 0.755. The molecule has 1 nitrogen and oxygen atoms in total. The van der Waals surface area contributed by atoms with E-state index in [9.17, 15) is 0 Å². The van der Waals surface area contributed by atoms with Crippen molar-refractivity contribution < 1.29 is 3.07 Å².